The number of Topliss-reactive ketones (excluding diaryl/α,β-unsaturated/α-hetero) is 2. The molecule has 0 fully saturated rings. The second kappa shape index (κ2) is 10.3. The first-order valence-corrected chi connectivity index (χ1v) is 13.5. The highest BCUT2D eigenvalue weighted by molar-refractivity contribution is 9.10. The SMILES string of the molecule is CCOc1cc(C2C3=C(CCCC3=O)OC3=C2C(=O)CCC3)cc(Br)c1OCc1ccc(C)c(C)c1. The summed E-state index contributed by atoms with van der Waals surface area (Å²) in [7, 11) is 0. The minimum Gasteiger partial charge on any atom is -0.490 e. The number of benzene rings is 2. The van der Waals surface area contributed by atoms with Gasteiger partial charge in [-0.2, -0.15) is 0 Å². The molecule has 5 nitrogen and oxygen atoms in total. The van der Waals surface area contributed by atoms with Gasteiger partial charge in [-0.05, 0) is 83.9 Å². The fourth-order valence-electron chi connectivity index (χ4n) is 5.36. The Morgan fingerprint density at radius 3 is 2.17 bits per heavy atom. The lowest BCUT2D eigenvalue weighted by atomic mass is 9.73. The number of halogens is 1. The Bertz CT molecular complexity index is 1260. The lowest BCUT2D eigenvalue weighted by Gasteiger charge is -2.36. The molecule has 1 heterocycles. The predicted octanol–water partition coefficient (Wildman–Crippen LogP) is 7.17. The third kappa shape index (κ3) is 4.63. The molecule has 0 spiro atoms. The molecule has 0 radical (unpaired) electrons. The fourth-order valence-corrected chi connectivity index (χ4v) is 5.93. The summed E-state index contributed by atoms with van der Waals surface area (Å²) in [6.45, 7) is 6.97. The molecule has 0 saturated heterocycles. The Labute approximate surface area is 220 Å². The predicted molar refractivity (Wildman–Crippen MR) is 141 cm³/mol. The molecule has 5 rings (SSSR count). The van der Waals surface area contributed by atoms with Gasteiger partial charge < -0.3 is 14.2 Å². The molecule has 36 heavy (non-hydrogen) atoms. The van der Waals surface area contributed by atoms with Gasteiger partial charge in [0.1, 0.15) is 18.1 Å². The fraction of sp³-hybridized carbons (Fsp3) is 0.400. The van der Waals surface area contributed by atoms with Crippen molar-refractivity contribution in [1.82, 2.24) is 0 Å². The number of allylic oxidation sites excluding steroid dienone is 4. The van der Waals surface area contributed by atoms with E-state index in [-0.39, 0.29) is 11.6 Å². The summed E-state index contributed by atoms with van der Waals surface area (Å²) in [4.78, 5) is 26.3. The van der Waals surface area contributed by atoms with Crippen LogP contribution in [0.4, 0.5) is 0 Å². The zero-order valence-electron chi connectivity index (χ0n) is 21.0. The number of aryl methyl sites for hydroxylation is 2. The Kier molecular flexibility index (Phi) is 7.07. The highest BCUT2D eigenvalue weighted by atomic mass is 79.9. The first-order chi connectivity index (χ1) is 17.4. The molecule has 2 aromatic rings. The van der Waals surface area contributed by atoms with Crippen LogP contribution in [-0.4, -0.2) is 18.2 Å². The van der Waals surface area contributed by atoms with Crippen LogP contribution in [0, 0.1) is 13.8 Å². The quantitative estimate of drug-likeness (QED) is 0.381. The van der Waals surface area contributed by atoms with E-state index in [1.54, 1.807) is 0 Å². The normalized spacial score (nSPS) is 18.1. The monoisotopic (exact) mass is 550 g/mol. The van der Waals surface area contributed by atoms with Crippen LogP contribution in [0.5, 0.6) is 11.5 Å². The van der Waals surface area contributed by atoms with Gasteiger partial charge in [-0.3, -0.25) is 9.59 Å². The van der Waals surface area contributed by atoms with Gasteiger partial charge in [0, 0.05) is 42.7 Å². The second-order valence-electron chi connectivity index (χ2n) is 9.73. The van der Waals surface area contributed by atoms with Crippen molar-refractivity contribution in [2.75, 3.05) is 6.61 Å². The van der Waals surface area contributed by atoms with E-state index in [0.29, 0.717) is 48.7 Å². The molecular weight excluding hydrogens is 520 g/mol. The lowest BCUT2D eigenvalue weighted by Crippen LogP contribution is -2.30. The number of carbonyl (C=O) groups excluding carboxylic acids is 2. The molecule has 0 aromatic heterocycles. The van der Waals surface area contributed by atoms with E-state index in [1.807, 2.05) is 19.1 Å². The van der Waals surface area contributed by atoms with Crippen molar-refractivity contribution in [1.29, 1.82) is 0 Å². The summed E-state index contributed by atoms with van der Waals surface area (Å²) < 4.78 is 19.2. The van der Waals surface area contributed by atoms with Gasteiger partial charge in [0.2, 0.25) is 0 Å². The minimum absolute atomic E-state index is 0.0651. The molecule has 0 bridgehead atoms. The summed E-state index contributed by atoms with van der Waals surface area (Å²) in [5, 5.41) is 0. The molecule has 2 aliphatic carbocycles. The molecule has 0 amide bonds. The largest absolute Gasteiger partial charge is 0.490 e. The van der Waals surface area contributed by atoms with Crippen LogP contribution in [-0.2, 0) is 20.9 Å². The minimum atomic E-state index is -0.436. The van der Waals surface area contributed by atoms with Crippen LogP contribution in [0.2, 0.25) is 0 Å². The molecule has 188 valence electrons. The summed E-state index contributed by atoms with van der Waals surface area (Å²) in [6.07, 6.45) is 3.96. The van der Waals surface area contributed by atoms with Crippen molar-refractivity contribution >= 4 is 27.5 Å². The van der Waals surface area contributed by atoms with Gasteiger partial charge in [-0.15, -0.1) is 0 Å². The highest BCUT2D eigenvalue weighted by Crippen LogP contribution is 2.50. The van der Waals surface area contributed by atoms with E-state index in [4.69, 9.17) is 14.2 Å². The molecule has 0 N–H and O–H groups in total. The molecule has 0 unspecified atom stereocenters. The Morgan fingerprint density at radius 1 is 0.889 bits per heavy atom. The Morgan fingerprint density at radius 2 is 1.56 bits per heavy atom. The Hall–Kier alpha value is -2.86. The van der Waals surface area contributed by atoms with E-state index in [0.717, 1.165) is 52.8 Å². The summed E-state index contributed by atoms with van der Waals surface area (Å²) in [6, 6.07) is 10.2. The van der Waals surface area contributed by atoms with Crippen molar-refractivity contribution in [3.05, 3.63) is 79.7 Å². The number of ether oxygens (including phenoxy) is 3. The van der Waals surface area contributed by atoms with Crippen LogP contribution in [0.3, 0.4) is 0 Å². The van der Waals surface area contributed by atoms with Crippen LogP contribution < -0.4 is 9.47 Å². The Balaban J connectivity index is 1.56. The van der Waals surface area contributed by atoms with Gasteiger partial charge in [0.25, 0.3) is 0 Å². The zero-order chi connectivity index (χ0) is 25.4. The van der Waals surface area contributed by atoms with Crippen LogP contribution in [0.15, 0.2) is 57.5 Å². The third-order valence-corrected chi connectivity index (χ3v) is 7.85. The molecule has 2 aromatic carbocycles. The first-order valence-electron chi connectivity index (χ1n) is 12.7. The number of hydrogen-bond acceptors (Lipinski definition) is 5. The van der Waals surface area contributed by atoms with Gasteiger partial charge in [-0.25, -0.2) is 0 Å². The van der Waals surface area contributed by atoms with Crippen molar-refractivity contribution in [3.63, 3.8) is 0 Å². The maximum atomic E-state index is 13.1. The average molecular weight is 551 g/mol. The van der Waals surface area contributed by atoms with Crippen LogP contribution in [0.1, 0.15) is 73.6 Å². The summed E-state index contributed by atoms with van der Waals surface area (Å²) in [5.41, 5.74) is 5.65. The van der Waals surface area contributed by atoms with Crippen LogP contribution in [0.25, 0.3) is 0 Å². The number of ketones is 2. The molecule has 1 aliphatic heterocycles. The smallest absolute Gasteiger partial charge is 0.175 e. The van der Waals surface area contributed by atoms with Crippen molar-refractivity contribution in [2.24, 2.45) is 0 Å². The van der Waals surface area contributed by atoms with Gasteiger partial charge in [-0.1, -0.05) is 18.2 Å². The maximum absolute atomic E-state index is 13.1. The van der Waals surface area contributed by atoms with E-state index in [9.17, 15) is 9.59 Å². The van der Waals surface area contributed by atoms with E-state index in [1.165, 1.54) is 11.1 Å². The molecule has 3 aliphatic rings. The molecule has 0 saturated carbocycles. The van der Waals surface area contributed by atoms with E-state index in [2.05, 4.69) is 48.0 Å². The summed E-state index contributed by atoms with van der Waals surface area (Å²) >= 11 is 3.70. The van der Waals surface area contributed by atoms with E-state index >= 15 is 0 Å². The molecule has 6 heteroatoms. The molecule has 0 atom stereocenters. The highest BCUT2D eigenvalue weighted by Gasteiger charge is 2.42. The standard InChI is InChI=1S/C30H31BrO5/c1-4-34-26-15-20(14-21(31)30(26)35-16-19-12-11-17(2)18(3)13-19)27-28-22(32)7-5-9-24(28)36-25-10-6-8-23(33)29(25)27/h11-15,27H,4-10,16H2,1-3H3. The lowest BCUT2D eigenvalue weighted by molar-refractivity contribution is -0.117. The van der Waals surface area contributed by atoms with Gasteiger partial charge in [0.05, 0.1) is 11.1 Å². The van der Waals surface area contributed by atoms with Crippen molar-refractivity contribution in [3.8, 4) is 11.5 Å². The topological polar surface area (TPSA) is 61.8 Å². The maximum Gasteiger partial charge on any atom is 0.175 e. The molecular formula is C30H31BrO5. The van der Waals surface area contributed by atoms with Crippen molar-refractivity contribution < 1.29 is 23.8 Å². The van der Waals surface area contributed by atoms with Gasteiger partial charge in [0.15, 0.2) is 23.1 Å². The van der Waals surface area contributed by atoms with E-state index < -0.39 is 5.92 Å². The number of carbonyl (C=O) groups is 2. The van der Waals surface area contributed by atoms with Crippen molar-refractivity contribution in [2.45, 2.75) is 71.8 Å². The summed E-state index contributed by atoms with van der Waals surface area (Å²) in [5.74, 6) is 2.36. The zero-order valence-corrected chi connectivity index (χ0v) is 22.6. The average Bonchev–Trinajstić information content (AvgIpc) is 2.85. The van der Waals surface area contributed by atoms with Crippen LogP contribution >= 0.6 is 15.9 Å². The second-order valence-corrected chi connectivity index (χ2v) is 10.6. The number of hydrogen-bond donors (Lipinski definition) is 0. The number of rotatable bonds is 6. The first kappa shape index (κ1) is 24.8. The van der Waals surface area contributed by atoms with Gasteiger partial charge >= 0.3 is 0 Å². The third-order valence-electron chi connectivity index (χ3n) is 7.26.